The molecule has 0 atom stereocenters. The van der Waals surface area contributed by atoms with Gasteiger partial charge in [-0.3, -0.25) is 0 Å². The van der Waals surface area contributed by atoms with Crippen molar-refractivity contribution in [1.29, 1.82) is 0 Å². The van der Waals surface area contributed by atoms with Crippen molar-refractivity contribution >= 4 is 43.5 Å². The van der Waals surface area contributed by atoms with Gasteiger partial charge in [0.2, 0.25) is 0 Å². The molecule has 11 rings (SSSR count). The Labute approximate surface area is 441 Å². The van der Waals surface area contributed by atoms with Gasteiger partial charge in [-0.05, 0) is 147 Å². The van der Waals surface area contributed by atoms with Gasteiger partial charge < -0.3 is 19.1 Å². The van der Waals surface area contributed by atoms with E-state index in [0.717, 1.165) is 73.8 Å². The summed E-state index contributed by atoms with van der Waals surface area (Å²) in [6.45, 7) is 9.59. The van der Waals surface area contributed by atoms with E-state index in [2.05, 4.69) is 114 Å². The van der Waals surface area contributed by atoms with Gasteiger partial charge in [0, 0.05) is 43.0 Å². The summed E-state index contributed by atoms with van der Waals surface area (Å²) in [7, 11) is 0. The second kappa shape index (κ2) is 17.5. The van der Waals surface area contributed by atoms with Gasteiger partial charge in [-0.1, -0.05) is 191 Å². The number of hydrogen-bond donors (Lipinski definition) is 0. The number of aromatic nitrogens is 2. The number of aryl methyl sites for hydroxylation is 4. The van der Waals surface area contributed by atoms with Crippen LogP contribution >= 0.6 is 0 Å². The molecule has 1 aliphatic rings. The fraction of sp³-hybridized carbons (Fsp3) is 0.262. The van der Waals surface area contributed by atoms with E-state index in [9.17, 15) is 1.37 Å². The number of ether oxygens (including phenoxy) is 1. The molecule has 0 radical (unpaired) electrons. The van der Waals surface area contributed by atoms with Crippen molar-refractivity contribution in [3.8, 4) is 56.3 Å². The molecular formula is C65H60N2O2Pt. The topological polar surface area (TPSA) is 48.2 Å². The molecule has 1 saturated carbocycles. The molecule has 70 heavy (non-hydrogen) atoms. The second-order valence-electron chi connectivity index (χ2n) is 20.9. The molecule has 3 aromatic heterocycles. The van der Waals surface area contributed by atoms with Crippen LogP contribution in [0.15, 0.2) is 138 Å². The third-order valence-corrected chi connectivity index (χ3v) is 15.8. The summed E-state index contributed by atoms with van der Waals surface area (Å²) in [4.78, 5) is 9.47. The maximum atomic E-state index is 10.0. The first-order chi connectivity index (χ1) is 36.9. The molecule has 1 aliphatic carbocycles. The Bertz CT molecular complexity index is 4080. The first-order valence-corrected chi connectivity index (χ1v) is 23.6. The molecule has 0 saturated heterocycles. The normalized spacial score (nSPS) is 18.5. The SMILES string of the molecule is [2H]C([2H])([2H])c1cnc(-c2[c-]c(Oc3[c-]c(-c4cc(-c5ccc(C6([2H])CC(C)(C)C(C)(C)C(C)(C)C6)cc5C)c(C)cn4)c4oc5cc6c(ccc7ccccc76)cc5c4c3)c(C([2H])([2H])[2H])c(-c3ccccc3)c2)cc1C([2H])([2H])[2H].[Pt+2]. The Morgan fingerprint density at radius 1 is 0.614 bits per heavy atom. The predicted molar refractivity (Wildman–Crippen MR) is 287 cm³/mol. The Morgan fingerprint density at radius 3 is 2.10 bits per heavy atom. The molecule has 352 valence electrons. The Balaban J connectivity index is 0.00000720. The zero-order chi connectivity index (χ0) is 56.6. The Morgan fingerprint density at radius 2 is 1.34 bits per heavy atom. The number of fused-ring (bicyclic) bond motifs is 6. The minimum atomic E-state index is -2.83. The van der Waals surface area contributed by atoms with E-state index in [0.29, 0.717) is 33.4 Å². The van der Waals surface area contributed by atoms with Gasteiger partial charge in [0.15, 0.2) is 0 Å². The number of nitrogens with zero attached hydrogens (tertiary/aromatic N) is 2. The van der Waals surface area contributed by atoms with E-state index < -0.39 is 37.6 Å². The molecule has 7 aromatic carbocycles. The monoisotopic (exact) mass is 1110 g/mol. The van der Waals surface area contributed by atoms with E-state index in [-0.39, 0.29) is 71.2 Å². The van der Waals surface area contributed by atoms with Crippen LogP contribution in [0.4, 0.5) is 0 Å². The van der Waals surface area contributed by atoms with Crippen molar-refractivity contribution in [2.45, 2.75) is 94.7 Å². The largest absolute Gasteiger partial charge is 2.00 e. The molecule has 4 nitrogen and oxygen atoms in total. The molecule has 0 N–H and O–H groups in total. The number of furan rings is 1. The van der Waals surface area contributed by atoms with Crippen LogP contribution < -0.4 is 4.74 Å². The molecule has 0 aliphatic heterocycles. The summed E-state index contributed by atoms with van der Waals surface area (Å²) >= 11 is 0. The van der Waals surface area contributed by atoms with Crippen molar-refractivity contribution in [2.24, 2.45) is 16.2 Å². The quantitative estimate of drug-likeness (QED) is 0.118. The van der Waals surface area contributed by atoms with Crippen LogP contribution in [0.2, 0.25) is 0 Å². The van der Waals surface area contributed by atoms with Gasteiger partial charge in [-0.2, -0.15) is 0 Å². The van der Waals surface area contributed by atoms with Crippen molar-refractivity contribution in [3.63, 3.8) is 0 Å². The standard InChI is InChI=1S/C65H60N2O2.Pt/c1-38-26-58(66-36-40(38)3)47-28-53(43-17-13-12-14-18-43)42(5)60(29-47)68-49-30-56-55-27-46-22-21-44-19-15-16-20-51(44)54(46)33-61(55)69-62(56)57(31-49)59-32-52(41(4)37-67-59)50-24-23-45(25-39(50)2)48-34-63(6,7)65(10,11)64(8,9)35-48;/h12-28,30,32-33,36-37,48H,34-35H2,1-11H3;/q-2;+2/i1D3,3D3,5D3,48D;. The first kappa shape index (κ1) is 36.6. The first-order valence-electron chi connectivity index (χ1n) is 28.6. The molecule has 0 unspecified atom stereocenters. The second-order valence-corrected chi connectivity index (χ2v) is 20.9. The van der Waals surface area contributed by atoms with Crippen LogP contribution in [-0.4, -0.2) is 9.97 Å². The molecule has 0 bridgehead atoms. The van der Waals surface area contributed by atoms with Gasteiger partial charge in [0.05, 0.1) is 5.58 Å². The third-order valence-electron chi connectivity index (χ3n) is 15.8. The van der Waals surface area contributed by atoms with Gasteiger partial charge >= 0.3 is 21.1 Å². The van der Waals surface area contributed by atoms with Crippen LogP contribution in [0.1, 0.15) is 107 Å². The van der Waals surface area contributed by atoms with E-state index >= 15 is 0 Å². The smallest absolute Gasteiger partial charge is 0.501 e. The average Bonchev–Trinajstić information content (AvgIpc) is 3.89. The number of benzene rings is 7. The Kier molecular flexibility index (Phi) is 9.14. The van der Waals surface area contributed by atoms with Crippen LogP contribution in [0.25, 0.3) is 88.3 Å². The number of pyridine rings is 2. The molecule has 5 heteroatoms. The average molecular weight is 1110 g/mol. The predicted octanol–water partition coefficient (Wildman–Crippen LogP) is 18.2. The third kappa shape index (κ3) is 7.97. The summed E-state index contributed by atoms with van der Waals surface area (Å²) in [5.74, 6) is -0.876. The fourth-order valence-corrected chi connectivity index (χ4v) is 10.7. The van der Waals surface area contributed by atoms with Gasteiger partial charge in [-0.15, -0.1) is 11.6 Å². The van der Waals surface area contributed by atoms with Gasteiger partial charge in [0.25, 0.3) is 0 Å². The fourth-order valence-electron chi connectivity index (χ4n) is 10.7. The summed E-state index contributed by atoms with van der Waals surface area (Å²) in [6, 6.07) is 44.9. The van der Waals surface area contributed by atoms with Crippen molar-refractivity contribution in [2.75, 3.05) is 0 Å². The summed E-state index contributed by atoms with van der Waals surface area (Å²) < 4.78 is 100. The number of hydrogen-bond acceptors (Lipinski definition) is 4. The maximum absolute atomic E-state index is 10.0. The minimum Gasteiger partial charge on any atom is -0.501 e. The molecular weight excluding hydrogens is 1040 g/mol. The van der Waals surface area contributed by atoms with Crippen molar-refractivity contribution in [1.82, 2.24) is 9.97 Å². The van der Waals surface area contributed by atoms with Crippen LogP contribution in [0, 0.1) is 62.8 Å². The number of rotatable bonds is 7. The van der Waals surface area contributed by atoms with E-state index in [4.69, 9.17) is 26.5 Å². The molecule has 3 heterocycles. The minimum absolute atomic E-state index is 0. The Hall–Kier alpha value is -6.35. The molecule has 1 fully saturated rings. The zero-order valence-electron chi connectivity index (χ0n) is 50.6. The maximum Gasteiger partial charge on any atom is 2.00 e. The summed E-state index contributed by atoms with van der Waals surface area (Å²) in [5.41, 5.74) is 6.72. The summed E-state index contributed by atoms with van der Waals surface area (Å²) in [6.07, 6.45) is 4.31. The van der Waals surface area contributed by atoms with Gasteiger partial charge in [0.1, 0.15) is 5.58 Å². The molecule has 0 spiro atoms. The molecule has 0 amide bonds. The van der Waals surface area contributed by atoms with Crippen LogP contribution in [-0.2, 0) is 21.1 Å². The van der Waals surface area contributed by atoms with Crippen LogP contribution in [0.5, 0.6) is 11.5 Å². The van der Waals surface area contributed by atoms with Gasteiger partial charge in [-0.25, -0.2) is 0 Å². The van der Waals surface area contributed by atoms with Crippen LogP contribution in [0.3, 0.4) is 0 Å². The van der Waals surface area contributed by atoms with E-state index in [1.54, 1.807) is 36.4 Å². The van der Waals surface area contributed by atoms with Crippen molar-refractivity contribution < 1.29 is 43.9 Å². The zero-order valence-corrected chi connectivity index (χ0v) is 42.9. The van der Waals surface area contributed by atoms with E-state index in [1.807, 2.05) is 43.5 Å². The van der Waals surface area contributed by atoms with Crippen molar-refractivity contribution in [3.05, 3.63) is 179 Å². The van der Waals surface area contributed by atoms with E-state index in [1.165, 1.54) is 6.07 Å². The summed E-state index contributed by atoms with van der Waals surface area (Å²) in [5, 5.41) is 5.55. The molecule has 10 aromatic rings.